The summed E-state index contributed by atoms with van der Waals surface area (Å²) in [6.45, 7) is 4.18. The molecule has 1 aromatic carbocycles. The van der Waals surface area contributed by atoms with E-state index in [0.717, 1.165) is 24.2 Å². The molecule has 16 heavy (non-hydrogen) atoms. The van der Waals surface area contributed by atoms with E-state index >= 15 is 0 Å². The van der Waals surface area contributed by atoms with E-state index in [1.54, 1.807) is 12.1 Å². The number of benzene rings is 1. The molecular weight excluding hydrogens is 227 g/mol. The van der Waals surface area contributed by atoms with Gasteiger partial charge in [0.15, 0.2) is 0 Å². The van der Waals surface area contributed by atoms with Gasteiger partial charge in [0.1, 0.15) is 17.2 Å². The molecular formula is C13H16ClFO. The van der Waals surface area contributed by atoms with Gasteiger partial charge in [-0.3, -0.25) is 0 Å². The van der Waals surface area contributed by atoms with Crippen LogP contribution in [-0.2, 0) is 0 Å². The largest absolute Gasteiger partial charge is 0.486 e. The highest BCUT2D eigenvalue weighted by molar-refractivity contribution is 6.18. The molecule has 0 radical (unpaired) electrons. The van der Waals surface area contributed by atoms with Gasteiger partial charge >= 0.3 is 0 Å². The second-order valence-electron chi connectivity index (χ2n) is 4.26. The van der Waals surface area contributed by atoms with Crippen LogP contribution < -0.4 is 4.74 Å². The summed E-state index contributed by atoms with van der Waals surface area (Å²) in [7, 11) is 0. The number of ether oxygens (including phenoxy) is 1. The monoisotopic (exact) mass is 242 g/mol. The molecule has 1 aromatic rings. The zero-order valence-electron chi connectivity index (χ0n) is 9.59. The second kappa shape index (κ2) is 4.25. The molecule has 1 heterocycles. The Morgan fingerprint density at radius 3 is 2.62 bits per heavy atom. The van der Waals surface area contributed by atoms with E-state index in [0.29, 0.717) is 5.88 Å². The van der Waals surface area contributed by atoms with Gasteiger partial charge < -0.3 is 4.74 Å². The Hall–Kier alpha value is -0.760. The van der Waals surface area contributed by atoms with Crippen molar-refractivity contribution in [1.82, 2.24) is 0 Å². The van der Waals surface area contributed by atoms with Crippen LogP contribution in [0.1, 0.15) is 38.2 Å². The molecule has 1 unspecified atom stereocenters. The molecule has 0 N–H and O–H groups in total. The molecule has 1 nitrogen and oxygen atoms in total. The van der Waals surface area contributed by atoms with E-state index in [1.165, 1.54) is 6.07 Å². The highest BCUT2D eigenvalue weighted by Crippen LogP contribution is 2.48. The summed E-state index contributed by atoms with van der Waals surface area (Å²) in [6.07, 6.45) is 1.77. The van der Waals surface area contributed by atoms with Crippen molar-refractivity contribution in [3.05, 3.63) is 29.6 Å². The standard InChI is InChI=1S/C13H16ClFO/c1-3-13(4-2)11(8-14)10-7-9(15)5-6-12(10)16-13/h5-7,11H,3-4,8H2,1-2H3. The molecule has 1 atom stereocenters. The molecule has 0 spiro atoms. The van der Waals surface area contributed by atoms with E-state index < -0.39 is 0 Å². The molecule has 0 saturated heterocycles. The Morgan fingerprint density at radius 1 is 1.38 bits per heavy atom. The maximum atomic E-state index is 13.2. The van der Waals surface area contributed by atoms with Gasteiger partial charge in [-0.1, -0.05) is 13.8 Å². The number of hydrogen-bond acceptors (Lipinski definition) is 1. The lowest BCUT2D eigenvalue weighted by Gasteiger charge is -2.31. The third-order valence-corrected chi connectivity index (χ3v) is 3.96. The fourth-order valence-corrected chi connectivity index (χ4v) is 3.02. The van der Waals surface area contributed by atoms with Gasteiger partial charge in [-0.15, -0.1) is 11.6 Å². The van der Waals surface area contributed by atoms with Crippen LogP contribution in [0, 0.1) is 5.82 Å². The average molecular weight is 243 g/mol. The summed E-state index contributed by atoms with van der Waals surface area (Å²) in [5.41, 5.74) is 0.663. The van der Waals surface area contributed by atoms with E-state index in [-0.39, 0.29) is 17.3 Å². The van der Waals surface area contributed by atoms with Crippen molar-refractivity contribution in [3.8, 4) is 5.75 Å². The molecule has 0 bridgehead atoms. The lowest BCUT2D eigenvalue weighted by Crippen LogP contribution is -2.37. The molecule has 0 amide bonds. The van der Waals surface area contributed by atoms with Crippen LogP contribution >= 0.6 is 11.6 Å². The van der Waals surface area contributed by atoms with Crippen molar-refractivity contribution in [2.45, 2.75) is 38.2 Å². The minimum absolute atomic E-state index is 0.0925. The van der Waals surface area contributed by atoms with Gasteiger partial charge in [0.25, 0.3) is 0 Å². The Labute approximate surface area is 101 Å². The predicted octanol–water partition coefficient (Wildman–Crippen LogP) is 4.10. The van der Waals surface area contributed by atoms with Gasteiger partial charge in [-0.05, 0) is 31.0 Å². The van der Waals surface area contributed by atoms with Crippen LogP contribution in [0.4, 0.5) is 4.39 Å². The Bertz CT molecular complexity index is 388. The van der Waals surface area contributed by atoms with Gasteiger partial charge in [0, 0.05) is 17.4 Å². The Kier molecular flexibility index (Phi) is 3.11. The van der Waals surface area contributed by atoms with Crippen molar-refractivity contribution >= 4 is 11.6 Å². The highest BCUT2D eigenvalue weighted by Gasteiger charge is 2.45. The highest BCUT2D eigenvalue weighted by atomic mass is 35.5. The molecule has 0 saturated carbocycles. The van der Waals surface area contributed by atoms with Crippen molar-refractivity contribution in [3.63, 3.8) is 0 Å². The van der Waals surface area contributed by atoms with Crippen LogP contribution in [0.2, 0.25) is 0 Å². The van der Waals surface area contributed by atoms with Gasteiger partial charge in [-0.25, -0.2) is 4.39 Å². The Balaban J connectivity index is 2.47. The van der Waals surface area contributed by atoms with E-state index in [1.807, 2.05) is 0 Å². The van der Waals surface area contributed by atoms with Crippen molar-refractivity contribution in [1.29, 1.82) is 0 Å². The number of fused-ring (bicyclic) bond motifs is 1. The topological polar surface area (TPSA) is 9.23 Å². The normalized spacial score (nSPS) is 21.6. The van der Waals surface area contributed by atoms with Crippen LogP contribution in [0.25, 0.3) is 0 Å². The summed E-state index contributed by atoms with van der Waals surface area (Å²) < 4.78 is 19.2. The number of alkyl halides is 1. The van der Waals surface area contributed by atoms with Crippen molar-refractivity contribution < 1.29 is 9.13 Å². The Morgan fingerprint density at radius 2 is 2.06 bits per heavy atom. The quantitative estimate of drug-likeness (QED) is 0.725. The van der Waals surface area contributed by atoms with Crippen LogP contribution in [-0.4, -0.2) is 11.5 Å². The molecule has 0 aliphatic carbocycles. The fourth-order valence-electron chi connectivity index (χ4n) is 2.57. The van der Waals surface area contributed by atoms with Crippen LogP contribution in [0.5, 0.6) is 5.75 Å². The third-order valence-electron chi connectivity index (χ3n) is 3.65. The second-order valence-corrected chi connectivity index (χ2v) is 4.57. The van der Waals surface area contributed by atoms with E-state index in [4.69, 9.17) is 16.3 Å². The van der Waals surface area contributed by atoms with Gasteiger partial charge in [0.2, 0.25) is 0 Å². The summed E-state index contributed by atoms with van der Waals surface area (Å²) in [6, 6.07) is 4.69. The van der Waals surface area contributed by atoms with E-state index in [2.05, 4.69) is 13.8 Å². The van der Waals surface area contributed by atoms with Crippen molar-refractivity contribution in [2.24, 2.45) is 0 Å². The number of hydrogen-bond donors (Lipinski definition) is 0. The number of rotatable bonds is 3. The van der Waals surface area contributed by atoms with Crippen molar-refractivity contribution in [2.75, 3.05) is 5.88 Å². The third kappa shape index (κ3) is 1.60. The molecule has 88 valence electrons. The van der Waals surface area contributed by atoms with Gasteiger partial charge in [-0.2, -0.15) is 0 Å². The lowest BCUT2D eigenvalue weighted by atomic mass is 9.81. The predicted molar refractivity (Wildman–Crippen MR) is 63.8 cm³/mol. The minimum atomic E-state index is -0.252. The summed E-state index contributed by atoms with van der Waals surface area (Å²) >= 11 is 6.03. The van der Waals surface area contributed by atoms with Crippen LogP contribution in [0.15, 0.2) is 18.2 Å². The number of halogens is 2. The summed E-state index contributed by atoms with van der Waals surface area (Å²) in [5, 5.41) is 0. The first-order valence-electron chi connectivity index (χ1n) is 5.71. The maximum Gasteiger partial charge on any atom is 0.124 e. The molecule has 0 fully saturated rings. The SMILES string of the molecule is CCC1(CC)Oc2ccc(F)cc2C1CCl. The first kappa shape index (κ1) is 11.7. The fraction of sp³-hybridized carbons (Fsp3) is 0.538. The maximum absolute atomic E-state index is 13.2. The molecule has 3 heteroatoms. The lowest BCUT2D eigenvalue weighted by molar-refractivity contribution is 0.0655. The first-order chi connectivity index (χ1) is 7.66. The molecule has 1 aliphatic rings. The zero-order chi connectivity index (χ0) is 11.8. The first-order valence-corrected chi connectivity index (χ1v) is 6.24. The van der Waals surface area contributed by atoms with E-state index in [9.17, 15) is 4.39 Å². The zero-order valence-corrected chi connectivity index (χ0v) is 10.4. The molecule has 0 aromatic heterocycles. The smallest absolute Gasteiger partial charge is 0.124 e. The van der Waals surface area contributed by atoms with Crippen LogP contribution in [0.3, 0.4) is 0 Å². The minimum Gasteiger partial charge on any atom is -0.486 e. The molecule has 1 aliphatic heterocycles. The van der Waals surface area contributed by atoms with Gasteiger partial charge in [0.05, 0.1) is 0 Å². The summed E-state index contributed by atoms with van der Waals surface area (Å²) in [4.78, 5) is 0. The summed E-state index contributed by atoms with van der Waals surface area (Å²) in [5.74, 6) is 1.13. The molecule has 2 rings (SSSR count). The average Bonchev–Trinajstić information content (AvgIpc) is 2.62.